The number of nitrogens with zero attached hydrogens (tertiary/aromatic N) is 2. The van der Waals surface area contributed by atoms with Crippen molar-refractivity contribution in [3.63, 3.8) is 0 Å². The van der Waals surface area contributed by atoms with Gasteiger partial charge in [-0.2, -0.15) is 0 Å². The van der Waals surface area contributed by atoms with Gasteiger partial charge in [-0.05, 0) is 12.5 Å². The van der Waals surface area contributed by atoms with Crippen molar-refractivity contribution in [2.24, 2.45) is 5.73 Å². The summed E-state index contributed by atoms with van der Waals surface area (Å²) in [6.07, 6.45) is 4.55. The number of ether oxygens (including phenoxy) is 1. The molecule has 0 saturated carbocycles. The third-order valence-corrected chi connectivity index (χ3v) is 3.10. The van der Waals surface area contributed by atoms with Crippen molar-refractivity contribution in [1.82, 2.24) is 9.55 Å². The normalized spacial score (nSPS) is 12.4. The second kappa shape index (κ2) is 5.69. The number of hydrogen-bond acceptors (Lipinski definition) is 3. The van der Waals surface area contributed by atoms with Crippen molar-refractivity contribution in [1.29, 1.82) is 0 Å². The highest BCUT2D eigenvalue weighted by atomic mass is 16.5. The summed E-state index contributed by atoms with van der Waals surface area (Å²) in [5.74, 6) is 0.891. The molecular weight excluding hydrogens is 226 g/mol. The molecule has 18 heavy (non-hydrogen) atoms. The molecule has 0 spiro atoms. The maximum atomic E-state index is 6.07. The van der Waals surface area contributed by atoms with Gasteiger partial charge >= 0.3 is 0 Å². The molecule has 0 unspecified atom stereocenters. The first-order valence-electron chi connectivity index (χ1n) is 6.13. The third kappa shape index (κ3) is 2.54. The van der Waals surface area contributed by atoms with Gasteiger partial charge in [-0.25, -0.2) is 4.98 Å². The summed E-state index contributed by atoms with van der Waals surface area (Å²) in [6.45, 7) is 2.80. The van der Waals surface area contributed by atoms with Gasteiger partial charge in [0.15, 0.2) is 0 Å². The molecular formula is C14H19N3O. The van der Waals surface area contributed by atoms with Crippen molar-refractivity contribution in [2.45, 2.75) is 25.9 Å². The summed E-state index contributed by atoms with van der Waals surface area (Å²) in [4.78, 5) is 4.18. The standard InChI is InChI=1S/C14H19N3O/c1-3-12(15)13-8-16-10-17(13)9-11-6-4-5-7-14(11)18-2/h4-8,10,12H,3,9,15H2,1-2H3/t12-/m1/s1. The largest absolute Gasteiger partial charge is 0.496 e. The molecule has 1 aromatic carbocycles. The fourth-order valence-electron chi connectivity index (χ4n) is 2.00. The van der Waals surface area contributed by atoms with Crippen LogP contribution in [0.4, 0.5) is 0 Å². The number of para-hydroxylation sites is 1. The third-order valence-electron chi connectivity index (χ3n) is 3.10. The average molecular weight is 245 g/mol. The quantitative estimate of drug-likeness (QED) is 0.879. The Bertz CT molecular complexity index is 507. The highest BCUT2D eigenvalue weighted by molar-refractivity contribution is 5.33. The number of nitrogens with two attached hydrogens (primary N) is 1. The minimum absolute atomic E-state index is 0.0298. The maximum absolute atomic E-state index is 6.07. The van der Waals surface area contributed by atoms with E-state index in [1.54, 1.807) is 7.11 Å². The highest BCUT2D eigenvalue weighted by Crippen LogP contribution is 2.21. The van der Waals surface area contributed by atoms with E-state index in [2.05, 4.69) is 22.5 Å². The van der Waals surface area contributed by atoms with Crippen LogP contribution in [-0.4, -0.2) is 16.7 Å². The second-order valence-corrected chi connectivity index (χ2v) is 4.27. The topological polar surface area (TPSA) is 53.1 Å². The van der Waals surface area contributed by atoms with Gasteiger partial charge in [0.25, 0.3) is 0 Å². The molecule has 0 radical (unpaired) electrons. The molecule has 0 saturated heterocycles. The Kier molecular flexibility index (Phi) is 3.99. The Labute approximate surface area is 107 Å². The molecule has 1 heterocycles. The number of benzene rings is 1. The Morgan fingerprint density at radius 2 is 2.17 bits per heavy atom. The van der Waals surface area contributed by atoms with E-state index in [4.69, 9.17) is 10.5 Å². The number of methoxy groups -OCH3 is 1. The smallest absolute Gasteiger partial charge is 0.123 e. The molecule has 4 nitrogen and oxygen atoms in total. The summed E-state index contributed by atoms with van der Waals surface area (Å²) >= 11 is 0. The van der Waals surface area contributed by atoms with Crippen molar-refractivity contribution in [3.05, 3.63) is 48.0 Å². The van der Waals surface area contributed by atoms with Gasteiger partial charge in [-0.15, -0.1) is 0 Å². The lowest BCUT2D eigenvalue weighted by Crippen LogP contribution is -2.15. The molecule has 0 aliphatic carbocycles. The van der Waals surface area contributed by atoms with E-state index in [9.17, 15) is 0 Å². The molecule has 2 N–H and O–H groups in total. The van der Waals surface area contributed by atoms with Crippen LogP contribution >= 0.6 is 0 Å². The zero-order chi connectivity index (χ0) is 13.0. The van der Waals surface area contributed by atoms with Crippen LogP contribution in [0, 0.1) is 0 Å². The predicted octanol–water partition coefficient (Wildman–Crippen LogP) is 2.35. The van der Waals surface area contributed by atoms with Crippen LogP contribution in [0.3, 0.4) is 0 Å². The van der Waals surface area contributed by atoms with Gasteiger partial charge in [0.1, 0.15) is 5.75 Å². The van der Waals surface area contributed by atoms with Gasteiger partial charge in [0, 0.05) is 17.8 Å². The molecule has 0 fully saturated rings. The first kappa shape index (κ1) is 12.6. The fourth-order valence-corrected chi connectivity index (χ4v) is 2.00. The monoisotopic (exact) mass is 245 g/mol. The van der Waals surface area contributed by atoms with Crippen LogP contribution in [-0.2, 0) is 6.54 Å². The average Bonchev–Trinajstić information content (AvgIpc) is 2.86. The maximum Gasteiger partial charge on any atom is 0.123 e. The molecule has 2 rings (SSSR count). The number of aromatic nitrogens is 2. The van der Waals surface area contributed by atoms with Crippen LogP contribution in [0.5, 0.6) is 5.75 Å². The number of hydrogen-bond donors (Lipinski definition) is 1. The number of imidazole rings is 1. The highest BCUT2D eigenvalue weighted by Gasteiger charge is 2.11. The van der Waals surface area contributed by atoms with Gasteiger partial charge < -0.3 is 15.0 Å². The van der Waals surface area contributed by atoms with Crippen LogP contribution in [0.15, 0.2) is 36.8 Å². The molecule has 4 heteroatoms. The number of rotatable bonds is 5. The van der Waals surface area contributed by atoms with Gasteiger partial charge in [0.2, 0.25) is 0 Å². The van der Waals surface area contributed by atoms with E-state index in [0.29, 0.717) is 0 Å². The van der Waals surface area contributed by atoms with Crippen molar-refractivity contribution >= 4 is 0 Å². The molecule has 0 aliphatic heterocycles. The lowest BCUT2D eigenvalue weighted by Gasteiger charge is -2.14. The summed E-state index contributed by atoms with van der Waals surface area (Å²) in [7, 11) is 1.69. The first-order valence-corrected chi connectivity index (χ1v) is 6.13. The van der Waals surface area contributed by atoms with Crippen molar-refractivity contribution in [2.75, 3.05) is 7.11 Å². The van der Waals surface area contributed by atoms with Crippen molar-refractivity contribution in [3.8, 4) is 5.75 Å². The SMILES string of the molecule is CC[C@@H](N)c1cncn1Cc1ccccc1OC. The minimum atomic E-state index is 0.0298. The predicted molar refractivity (Wildman–Crippen MR) is 71.5 cm³/mol. The molecule has 2 aromatic rings. The minimum Gasteiger partial charge on any atom is -0.496 e. The van der Waals surface area contributed by atoms with Crippen molar-refractivity contribution < 1.29 is 4.74 Å². The van der Waals surface area contributed by atoms with Gasteiger partial charge in [0.05, 0.1) is 25.7 Å². The van der Waals surface area contributed by atoms with E-state index >= 15 is 0 Å². The van der Waals surface area contributed by atoms with Crippen LogP contribution in [0.25, 0.3) is 0 Å². The van der Waals surface area contributed by atoms with Crippen LogP contribution in [0.2, 0.25) is 0 Å². The molecule has 1 aromatic heterocycles. The van der Waals surface area contributed by atoms with Gasteiger partial charge in [-0.1, -0.05) is 25.1 Å². The van der Waals surface area contributed by atoms with E-state index < -0.39 is 0 Å². The summed E-state index contributed by atoms with van der Waals surface area (Å²) in [5.41, 5.74) is 8.26. The summed E-state index contributed by atoms with van der Waals surface area (Å²) in [6, 6.07) is 8.02. The molecule has 96 valence electrons. The molecule has 1 atom stereocenters. The second-order valence-electron chi connectivity index (χ2n) is 4.27. The van der Waals surface area contributed by atoms with Gasteiger partial charge in [-0.3, -0.25) is 0 Å². The summed E-state index contributed by atoms with van der Waals surface area (Å²) < 4.78 is 7.43. The first-order chi connectivity index (χ1) is 8.76. The molecule has 0 aliphatic rings. The Morgan fingerprint density at radius 1 is 1.39 bits per heavy atom. The lowest BCUT2D eigenvalue weighted by molar-refractivity contribution is 0.408. The van der Waals surface area contributed by atoms with E-state index in [0.717, 1.165) is 30.0 Å². The Morgan fingerprint density at radius 3 is 2.89 bits per heavy atom. The van der Waals surface area contributed by atoms with E-state index in [-0.39, 0.29) is 6.04 Å². The Balaban J connectivity index is 2.26. The van der Waals surface area contributed by atoms with Crippen LogP contribution < -0.4 is 10.5 Å². The molecule has 0 bridgehead atoms. The lowest BCUT2D eigenvalue weighted by atomic mass is 10.1. The fraction of sp³-hybridized carbons (Fsp3) is 0.357. The Hall–Kier alpha value is -1.81. The summed E-state index contributed by atoms with van der Waals surface area (Å²) in [5, 5.41) is 0. The zero-order valence-electron chi connectivity index (χ0n) is 10.8. The zero-order valence-corrected chi connectivity index (χ0v) is 10.8. The van der Waals surface area contributed by atoms with E-state index in [1.807, 2.05) is 30.7 Å². The van der Waals surface area contributed by atoms with E-state index in [1.165, 1.54) is 0 Å². The molecule has 0 amide bonds. The van der Waals surface area contributed by atoms with Crippen LogP contribution in [0.1, 0.15) is 30.6 Å².